The lowest BCUT2D eigenvalue weighted by Crippen LogP contribution is -2.33. The molecule has 0 aliphatic rings. The molecule has 0 aliphatic heterocycles. The van der Waals surface area contributed by atoms with Crippen molar-refractivity contribution in [3.05, 3.63) is 59.5 Å². The van der Waals surface area contributed by atoms with Crippen LogP contribution in [-0.4, -0.2) is 18.5 Å². The molecule has 0 saturated heterocycles. The first-order valence-electron chi connectivity index (χ1n) is 8.03. The molecule has 0 fully saturated rings. The summed E-state index contributed by atoms with van der Waals surface area (Å²) < 4.78 is 10.1. The molecule has 0 radical (unpaired) electrons. The van der Waals surface area contributed by atoms with E-state index in [0.29, 0.717) is 17.2 Å². The minimum atomic E-state index is -0.559. The van der Waals surface area contributed by atoms with Gasteiger partial charge in [-0.3, -0.25) is 4.79 Å². The molecule has 0 bridgehead atoms. The van der Waals surface area contributed by atoms with E-state index in [4.69, 9.17) is 9.15 Å². The van der Waals surface area contributed by atoms with Crippen molar-refractivity contribution in [2.45, 2.75) is 33.2 Å². The highest BCUT2D eigenvalue weighted by Crippen LogP contribution is 2.21. The van der Waals surface area contributed by atoms with Gasteiger partial charge in [-0.05, 0) is 30.9 Å². The highest BCUT2D eigenvalue weighted by Gasteiger charge is 2.18. The Morgan fingerprint density at radius 1 is 1.17 bits per heavy atom. The predicted molar refractivity (Wildman–Crippen MR) is 90.5 cm³/mol. The van der Waals surface area contributed by atoms with Gasteiger partial charge in [0.1, 0.15) is 11.3 Å². The number of carbonyl (C=O) groups is 2. The average Bonchev–Trinajstić information content (AvgIpc) is 2.98. The molecule has 0 saturated carbocycles. The van der Waals surface area contributed by atoms with Gasteiger partial charge in [-0.2, -0.15) is 0 Å². The number of nitrogens with one attached hydrogen (secondary N) is 1. The molecule has 0 spiro atoms. The minimum absolute atomic E-state index is 0.104. The zero-order valence-corrected chi connectivity index (χ0v) is 14.2. The second-order valence-electron chi connectivity index (χ2n) is 6.13. The van der Waals surface area contributed by atoms with Crippen LogP contribution in [0.3, 0.4) is 0 Å². The van der Waals surface area contributed by atoms with E-state index in [0.717, 1.165) is 12.0 Å². The maximum Gasteiger partial charge on any atom is 0.342 e. The fraction of sp³-hybridized carbons (Fsp3) is 0.368. The van der Waals surface area contributed by atoms with Gasteiger partial charge in [0.25, 0.3) is 5.91 Å². The first-order valence-corrected chi connectivity index (χ1v) is 8.03. The molecule has 0 aliphatic carbocycles. The Labute approximate surface area is 142 Å². The highest BCUT2D eigenvalue weighted by molar-refractivity contribution is 5.92. The molecule has 128 valence electrons. The third-order valence-electron chi connectivity index (χ3n) is 3.66. The number of esters is 1. The Morgan fingerprint density at radius 2 is 1.88 bits per heavy atom. The topological polar surface area (TPSA) is 68.5 Å². The smallest absolute Gasteiger partial charge is 0.342 e. The summed E-state index contributed by atoms with van der Waals surface area (Å²) in [5.74, 6) is 0.0181. The van der Waals surface area contributed by atoms with Crippen molar-refractivity contribution in [2.75, 3.05) is 6.61 Å². The standard InChI is InChI=1S/C19H23NO4/c1-13(2)11-17(15-7-5-4-6-8-15)20-18(21)12-24-19(22)16-9-10-23-14(16)3/h4-10,13,17H,11-12H2,1-3H3,(H,20,21)/t17-/m0/s1. The number of amides is 1. The van der Waals surface area contributed by atoms with Crippen molar-refractivity contribution < 1.29 is 18.7 Å². The molecule has 24 heavy (non-hydrogen) atoms. The summed E-state index contributed by atoms with van der Waals surface area (Å²) in [6, 6.07) is 11.2. The van der Waals surface area contributed by atoms with Gasteiger partial charge in [-0.1, -0.05) is 44.2 Å². The van der Waals surface area contributed by atoms with Crippen molar-refractivity contribution >= 4 is 11.9 Å². The second-order valence-corrected chi connectivity index (χ2v) is 6.13. The van der Waals surface area contributed by atoms with Crippen LogP contribution in [0.4, 0.5) is 0 Å². The van der Waals surface area contributed by atoms with E-state index in [9.17, 15) is 9.59 Å². The van der Waals surface area contributed by atoms with Gasteiger partial charge < -0.3 is 14.5 Å². The van der Waals surface area contributed by atoms with Gasteiger partial charge in [-0.15, -0.1) is 0 Å². The van der Waals surface area contributed by atoms with Gasteiger partial charge in [0.2, 0.25) is 0 Å². The molecule has 1 aromatic carbocycles. The van der Waals surface area contributed by atoms with Crippen molar-refractivity contribution in [1.82, 2.24) is 5.32 Å². The largest absolute Gasteiger partial charge is 0.469 e. The summed E-state index contributed by atoms with van der Waals surface area (Å²) in [7, 11) is 0. The second kappa shape index (κ2) is 8.34. The Balaban J connectivity index is 1.93. The Hall–Kier alpha value is -2.56. The van der Waals surface area contributed by atoms with Crippen LogP contribution in [-0.2, 0) is 9.53 Å². The van der Waals surface area contributed by atoms with E-state index in [-0.39, 0.29) is 18.6 Å². The van der Waals surface area contributed by atoms with E-state index < -0.39 is 5.97 Å². The number of carbonyl (C=O) groups excluding carboxylic acids is 2. The maximum atomic E-state index is 12.2. The first-order chi connectivity index (χ1) is 11.5. The van der Waals surface area contributed by atoms with Gasteiger partial charge >= 0.3 is 5.97 Å². The quantitative estimate of drug-likeness (QED) is 0.787. The van der Waals surface area contributed by atoms with Crippen LogP contribution in [0.25, 0.3) is 0 Å². The van der Waals surface area contributed by atoms with Crippen LogP contribution < -0.4 is 5.32 Å². The number of aryl methyl sites for hydroxylation is 1. The number of furan rings is 1. The van der Waals surface area contributed by atoms with Crippen LogP contribution >= 0.6 is 0 Å². The number of rotatable bonds is 7. The van der Waals surface area contributed by atoms with Crippen LogP contribution in [0.15, 0.2) is 47.1 Å². The summed E-state index contributed by atoms with van der Waals surface area (Å²) >= 11 is 0. The summed E-state index contributed by atoms with van der Waals surface area (Å²) in [5.41, 5.74) is 1.38. The van der Waals surface area contributed by atoms with Crippen molar-refractivity contribution in [3.8, 4) is 0 Å². The van der Waals surface area contributed by atoms with Crippen molar-refractivity contribution in [1.29, 1.82) is 0 Å². The molecule has 1 atom stereocenters. The van der Waals surface area contributed by atoms with Crippen LogP contribution in [0.5, 0.6) is 0 Å². The molecular weight excluding hydrogens is 306 g/mol. The molecule has 1 heterocycles. The Morgan fingerprint density at radius 3 is 2.46 bits per heavy atom. The number of hydrogen-bond acceptors (Lipinski definition) is 4. The normalized spacial score (nSPS) is 12.0. The van der Waals surface area contributed by atoms with Gasteiger partial charge in [0, 0.05) is 0 Å². The summed E-state index contributed by atoms with van der Waals surface area (Å²) in [5, 5.41) is 2.94. The monoisotopic (exact) mass is 329 g/mol. The fourth-order valence-corrected chi connectivity index (χ4v) is 2.48. The Kier molecular flexibility index (Phi) is 6.18. The van der Waals surface area contributed by atoms with E-state index in [1.165, 1.54) is 12.3 Å². The SMILES string of the molecule is Cc1occc1C(=O)OCC(=O)N[C@@H](CC(C)C)c1ccccc1. The fourth-order valence-electron chi connectivity index (χ4n) is 2.48. The molecule has 2 aromatic rings. The molecule has 1 amide bonds. The minimum Gasteiger partial charge on any atom is -0.469 e. The lowest BCUT2D eigenvalue weighted by Gasteiger charge is -2.21. The zero-order valence-electron chi connectivity index (χ0n) is 14.2. The Bertz CT molecular complexity index is 676. The third-order valence-corrected chi connectivity index (χ3v) is 3.66. The summed E-state index contributed by atoms with van der Waals surface area (Å²) in [6.45, 7) is 5.56. The summed E-state index contributed by atoms with van der Waals surface area (Å²) in [6.07, 6.45) is 2.23. The van der Waals surface area contributed by atoms with Gasteiger partial charge in [-0.25, -0.2) is 4.79 Å². The lowest BCUT2D eigenvalue weighted by atomic mass is 9.97. The average molecular weight is 329 g/mol. The van der Waals surface area contributed by atoms with Crippen LogP contribution in [0, 0.1) is 12.8 Å². The molecule has 0 unspecified atom stereocenters. The third kappa shape index (κ3) is 4.98. The van der Waals surface area contributed by atoms with E-state index >= 15 is 0 Å². The van der Waals surface area contributed by atoms with Crippen molar-refractivity contribution in [3.63, 3.8) is 0 Å². The number of hydrogen-bond donors (Lipinski definition) is 1. The molecule has 2 rings (SSSR count). The predicted octanol–water partition coefficient (Wildman–Crippen LogP) is 3.65. The highest BCUT2D eigenvalue weighted by atomic mass is 16.5. The molecular formula is C19H23NO4. The zero-order chi connectivity index (χ0) is 17.5. The van der Waals surface area contributed by atoms with E-state index in [2.05, 4.69) is 19.2 Å². The first kappa shape index (κ1) is 17.8. The van der Waals surface area contributed by atoms with Gasteiger partial charge in [0.05, 0.1) is 12.3 Å². The maximum absolute atomic E-state index is 12.2. The number of ether oxygens (including phenoxy) is 1. The molecule has 5 nitrogen and oxygen atoms in total. The van der Waals surface area contributed by atoms with E-state index in [1.54, 1.807) is 6.92 Å². The number of benzene rings is 1. The lowest BCUT2D eigenvalue weighted by molar-refractivity contribution is -0.125. The molecule has 1 N–H and O–H groups in total. The van der Waals surface area contributed by atoms with Crippen LogP contribution in [0.1, 0.15) is 48.0 Å². The van der Waals surface area contributed by atoms with Crippen LogP contribution in [0.2, 0.25) is 0 Å². The van der Waals surface area contributed by atoms with Gasteiger partial charge in [0.15, 0.2) is 6.61 Å². The summed E-state index contributed by atoms with van der Waals surface area (Å²) in [4.78, 5) is 24.1. The molecule has 5 heteroatoms. The van der Waals surface area contributed by atoms with Crippen molar-refractivity contribution in [2.24, 2.45) is 5.92 Å². The molecule has 1 aromatic heterocycles. The van der Waals surface area contributed by atoms with E-state index in [1.807, 2.05) is 30.3 Å².